The molecule has 0 radical (unpaired) electrons. The van der Waals surface area contributed by atoms with Gasteiger partial charge >= 0.3 is 0 Å². The Morgan fingerprint density at radius 1 is 1.00 bits per heavy atom. The summed E-state index contributed by atoms with van der Waals surface area (Å²) in [7, 11) is 0. The molecule has 1 aliphatic rings. The molecule has 0 saturated heterocycles. The van der Waals surface area contributed by atoms with Crippen LogP contribution in [0.5, 0.6) is 0 Å². The molecule has 0 atom stereocenters. The van der Waals surface area contributed by atoms with Crippen molar-refractivity contribution in [2.75, 3.05) is 0 Å². The molecule has 0 unspecified atom stereocenters. The third-order valence-electron chi connectivity index (χ3n) is 5.47. The van der Waals surface area contributed by atoms with E-state index in [2.05, 4.69) is 12.2 Å². The lowest BCUT2D eigenvalue weighted by atomic mass is 9.87. The van der Waals surface area contributed by atoms with Crippen LogP contribution < -0.4 is 5.32 Å². The Balaban J connectivity index is 1.70. The highest BCUT2D eigenvalue weighted by Crippen LogP contribution is 2.40. The minimum Gasteiger partial charge on any atom is -0.347 e. The first kappa shape index (κ1) is 21.6. The molecule has 156 valence electrons. The number of carbonyl (C=O) groups is 1. The van der Waals surface area contributed by atoms with E-state index in [0.717, 1.165) is 47.6 Å². The number of benzene rings is 2. The van der Waals surface area contributed by atoms with Gasteiger partial charge in [0, 0.05) is 21.7 Å². The van der Waals surface area contributed by atoms with Crippen molar-refractivity contribution < 1.29 is 4.79 Å². The molecule has 0 aliphatic heterocycles. The second kappa shape index (κ2) is 9.27. The van der Waals surface area contributed by atoms with E-state index in [9.17, 15) is 4.79 Å². The molecule has 30 heavy (non-hydrogen) atoms. The van der Waals surface area contributed by atoms with Gasteiger partial charge in [-0.25, -0.2) is 4.98 Å². The van der Waals surface area contributed by atoms with E-state index >= 15 is 0 Å². The molecular formula is C23H21Cl3N2OS. The third-order valence-corrected chi connectivity index (χ3v) is 7.37. The Kier molecular flexibility index (Phi) is 6.69. The summed E-state index contributed by atoms with van der Waals surface area (Å²) in [6.07, 6.45) is 4.31. The summed E-state index contributed by atoms with van der Waals surface area (Å²) in [5, 5.41) is 5.30. The van der Waals surface area contributed by atoms with Crippen LogP contribution in [0.15, 0.2) is 42.5 Å². The van der Waals surface area contributed by atoms with Gasteiger partial charge < -0.3 is 5.32 Å². The number of hydrogen-bond acceptors (Lipinski definition) is 3. The van der Waals surface area contributed by atoms with Crippen LogP contribution in [0.2, 0.25) is 15.1 Å². The summed E-state index contributed by atoms with van der Waals surface area (Å²) in [4.78, 5) is 18.5. The van der Waals surface area contributed by atoms with Crippen molar-refractivity contribution in [3.05, 3.63) is 62.5 Å². The van der Waals surface area contributed by atoms with Crippen LogP contribution in [0.25, 0.3) is 21.7 Å². The molecule has 0 bridgehead atoms. The Labute approximate surface area is 195 Å². The molecule has 1 heterocycles. The molecule has 3 aromatic rings. The molecule has 1 N–H and O–H groups in total. The second-order valence-corrected chi connectivity index (χ2v) is 10.0. The largest absolute Gasteiger partial charge is 0.347 e. The maximum absolute atomic E-state index is 13.0. The fourth-order valence-corrected chi connectivity index (χ4v) is 5.34. The monoisotopic (exact) mass is 478 g/mol. The minimum atomic E-state index is -0.133. The Bertz CT molecular complexity index is 1060. The van der Waals surface area contributed by atoms with Gasteiger partial charge in [-0.3, -0.25) is 4.79 Å². The van der Waals surface area contributed by atoms with E-state index in [1.807, 2.05) is 30.3 Å². The van der Waals surface area contributed by atoms with Crippen molar-refractivity contribution in [1.82, 2.24) is 10.3 Å². The molecule has 7 heteroatoms. The van der Waals surface area contributed by atoms with Gasteiger partial charge in [0.15, 0.2) is 5.01 Å². The molecule has 2 aromatic carbocycles. The SMILES string of the molecule is C[C@H]1CC[C@H](NC(=O)c2nc(-c3ccc(Cl)cc3Cl)c(-c3ccc(Cl)cc3)s2)CC1. The van der Waals surface area contributed by atoms with Gasteiger partial charge in [-0.1, -0.05) is 53.9 Å². The van der Waals surface area contributed by atoms with Gasteiger partial charge in [-0.2, -0.15) is 0 Å². The van der Waals surface area contributed by atoms with Crippen molar-refractivity contribution in [1.29, 1.82) is 0 Å². The summed E-state index contributed by atoms with van der Waals surface area (Å²) < 4.78 is 0. The predicted octanol–water partition coefficient (Wildman–Crippen LogP) is 7.75. The smallest absolute Gasteiger partial charge is 0.280 e. The van der Waals surface area contributed by atoms with Crippen molar-refractivity contribution in [2.24, 2.45) is 5.92 Å². The third kappa shape index (κ3) is 4.83. The first-order valence-electron chi connectivity index (χ1n) is 9.93. The van der Waals surface area contributed by atoms with Gasteiger partial charge in [-0.15, -0.1) is 11.3 Å². The molecule has 1 aromatic heterocycles. The summed E-state index contributed by atoms with van der Waals surface area (Å²) in [5.41, 5.74) is 2.35. The highest BCUT2D eigenvalue weighted by molar-refractivity contribution is 7.17. The van der Waals surface area contributed by atoms with E-state index < -0.39 is 0 Å². The summed E-state index contributed by atoms with van der Waals surface area (Å²) in [6.45, 7) is 2.26. The van der Waals surface area contributed by atoms with Gasteiger partial charge in [-0.05, 0) is 67.5 Å². The Morgan fingerprint density at radius 2 is 1.67 bits per heavy atom. The first-order chi connectivity index (χ1) is 14.4. The first-order valence-corrected chi connectivity index (χ1v) is 11.9. The van der Waals surface area contributed by atoms with E-state index in [1.54, 1.807) is 12.1 Å². The van der Waals surface area contributed by atoms with Crippen LogP contribution in [-0.2, 0) is 0 Å². The summed E-state index contributed by atoms with van der Waals surface area (Å²) in [6, 6.07) is 13.0. The zero-order chi connectivity index (χ0) is 21.3. The summed E-state index contributed by atoms with van der Waals surface area (Å²) in [5.74, 6) is 0.597. The van der Waals surface area contributed by atoms with Crippen LogP contribution in [0.1, 0.15) is 42.4 Å². The van der Waals surface area contributed by atoms with Gasteiger partial charge in [0.2, 0.25) is 0 Å². The number of hydrogen-bond donors (Lipinski definition) is 1. The van der Waals surface area contributed by atoms with Crippen molar-refractivity contribution >= 4 is 52.0 Å². The number of nitrogens with zero attached hydrogens (tertiary/aromatic N) is 1. The maximum atomic E-state index is 13.0. The predicted molar refractivity (Wildman–Crippen MR) is 127 cm³/mol. The standard InChI is InChI=1S/C23H21Cl3N2OS/c1-13-2-9-17(10-3-13)27-22(29)23-28-20(18-11-8-16(25)12-19(18)26)21(30-23)14-4-6-15(24)7-5-14/h4-8,11-13,17H,2-3,9-10H2,1H3,(H,27,29)/t13-,17-. The zero-order valence-electron chi connectivity index (χ0n) is 16.4. The average Bonchev–Trinajstić information content (AvgIpc) is 3.15. The lowest BCUT2D eigenvalue weighted by Gasteiger charge is -2.26. The normalized spacial score (nSPS) is 18.9. The number of halogens is 3. The molecule has 1 fully saturated rings. The van der Waals surface area contributed by atoms with Crippen LogP contribution in [0, 0.1) is 5.92 Å². The van der Waals surface area contributed by atoms with E-state index in [4.69, 9.17) is 39.8 Å². The molecule has 1 saturated carbocycles. The molecule has 4 rings (SSSR count). The Hall–Kier alpha value is -1.59. The number of aromatic nitrogens is 1. The zero-order valence-corrected chi connectivity index (χ0v) is 19.5. The van der Waals surface area contributed by atoms with Crippen LogP contribution in [0.4, 0.5) is 0 Å². The lowest BCUT2D eigenvalue weighted by Crippen LogP contribution is -2.37. The number of carbonyl (C=O) groups excluding carboxylic acids is 1. The molecular weight excluding hydrogens is 459 g/mol. The minimum absolute atomic E-state index is 0.133. The second-order valence-electron chi connectivity index (χ2n) is 7.76. The fourth-order valence-electron chi connectivity index (χ4n) is 3.73. The van der Waals surface area contributed by atoms with Crippen molar-refractivity contribution in [3.8, 4) is 21.7 Å². The number of amides is 1. The number of nitrogens with one attached hydrogen (secondary N) is 1. The fraction of sp³-hybridized carbons (Fsp3) is 0.304. The number of rotatable bonds is 4. The Morgan fingerprint density at radius 3 is 2.33 bits per heavy atom. The average molecular weight is 480 g/mol. The summed E-state index contributed by atoms with van der Waals surface area (Å²) >= 11 is 20.0. The van der Waals surface area contributed by atoms with Crippen molar-refractivity contribution in [3.63, 3.8) is 0 Å². The topological polar surface area (TPSA) is 42.0 Å². The molecule has 0 spiro atoms. The van der Waals surface area contributed by atoms with E-state index in [1.165, 1.54) is 11.3 Å². The highest BCUT2D eigenvalue weighted by atomic mass is 35.5. The number of thiazole rings is 1. The molecule has 1 amide bonds. The highest BCUT2D eigenvalue weighted by Gasteiger charge is 2.24. The lowest BCUT2D eigenvalue weighted by molar-refractivity contribution is 0.0922. The van der Waals surface area contributed by atoms with Gasteiger partial charge in [0.05, 0.1) is 15.6 Å². The van der Waals surface area contributed by atoms with Crippen molar-refractivity contribution in [2.45, 2.75) is 38.6 Å². The maximum Gasteiger partial charge on any atom is 0.280 e. The van der Waals surface area contributed by atoms with E-state index in [-0.39, 0.29) is 11.9 Å². The molecule has 1 aliphatic carbocycles. The van der Waals surface area contributed by atoms with Crippen LogP contribution in [-0.4, -0.2) is 16.9 Å². The van der Waals surface area contributed by atoms with Crippen LogP contribution >= 0.6 is 46.1 Å². The quantitative estimate of drug-likeness (QED) is 0.415. The van der Waals surface area contributed by atoms with Gasteiger partial charge in [0.1, 0.15) is 0 Å². The van der Waals surface area contributed by atoms with Crippen LogP contribution in [0.3, 0.4) is 0 Å². The van der Waals surface area contributed by atoms with E-state index in [0.29, 0.717) is 25.8 Å². The molecule has 3 nitrogen and oxygen atoms in total. The van der Waals surface area contributed by atoms with Gasteiger partial charge in [0.25, 0.3) is 5.91 Å².